The van der Waals surface area contributed by atoms with E-state index in [0.29, 0.717) is 57.4 Å². The van der Waals surface area contributed by atoms with Crippen molar-refractivity contribution < 1.29 is 23.4 Å². The lowest BCUT2D eigenvalue weighted by Crippen LogP contribution is -2.52. The smallest absolute Gasteiger partial charge is 0.168 e. The Hall–Kier alpha value is -1.08. The van der Waals surface area contributed by atoms with E-state index >= 15 is 0 Å². The van der Waals surface area contributed by atoms with Gasteiger partial charge in [-0.3, -0.25) is 0 Å². The van der Waals surface area contributed by atoms with Gasteiger partial charge in [-0.2, -0.15) is 0 Å². The van der Waals surface area contributed by atoms with Crippen LogP contribution in [0.15, 0.2) is 18.2 Å². The third-order valence-corrected chi connectivity index (χ3v) is 5.86. The molecule has 1 aliphatic heterocycles. The number of ether oxygens (including phenoxy) is 2. The number of nitrogens with one attached hydrogen (secondary N) is 1. The monoisotopic (exact) mass is 383 g/mol. The van der Waals surface area contributed by atoms with Gasteiger partial charge in [0.25, 0.3) is 0 Å². The highest BCUT2D eigenvalue weighted by Gasteiger charge is 2.46. The minimum absolute atomic E-state index is 0.0364. The van der Waals surface area contributed by atoms with Gasteiger partial charge < -0.3 is 19.9 Å². The first-order valence-corrected chi connectivity index (χ1v) is 9.81. The Morgan fingerprint density at radius 1 is 1.11 bits per heavy atom. The van der Waals surface area contributed by atoms with Gasteiger partial charge in [-0.05, 0) is 38.8 Å². The van der Waals surface area contributed by atoms with E-state index in [2.05, 4.69) is 19.2 Å². The lowest BCUT2D eigenvalue weighted by atomic mass is 9.78. The number of rotatable bonds is 5. The standard InChI is InChI=1S/C21H31F2NO3/c1-15(17-5-4-16(22)12-18(17)23)24-11-10-20(25)6-8-21(9-7-20)26-13-19(2,3)14-27-21/h4-5,12,15,24-25H,6-11,13-14H2,1-3H3/t15-/m0/s1. The van der Waals surface area contributed by atoms with Crippen molar-refractivity contribution in [2.75, 3.05) is 19.8 Å². The first-order valence-electron chi connectivity index (χ1n) is 9.81. The van der Waals surface area contributed by atoms with Crippen LogP contribution in [0, 0.1) is 17.0 Å². The van der Waals surface area contributed by atoms with E-state index in [9.17, 15) is 13.9 Å². The average Bonchev–Trinajstić information content (AvgIpc) is 2.60. The first kappa shape index (κ1) is 20.6. The van der Waals surface area contributed by atoms with Gasteiger partial charge in [-0.15, -0.1) is 0 Å². The fourth-order valence-corrected chi connectivity index (χ4v) is 3.86. The molecule has 1 heterocycles. The van der Waals surface area contributed by atoms with E-state index in [4.69, 9.17) is 9.47 Å². The molecule has 152 valence electrons. The normalized spacial score (nSPS) is 24.7. The molecule has 1 aliphatic carbocycles. The number of hydrogen-bond donors (Lipinski definition) is 2. The molecule has 1 atom stereocenters. The van der Waals surface area contributed by atoms with Crippen molar-refractivity contribution in [3.8, 4) is 0 Å². The SMILES string of the molecule is C[C@H](NCCC1(O)CCC2(CC1)OCC(C)(C)CO2)c1ccc(F)cc1F. The molecule has 0 bridgehead atoms. The van der Waals surface area contributed by atoms with Crippen LogP contribution in [-0.4, -0.2) is 36.3 Å². The molecule has 3 rings (SSSR count). The Balaban J connectivity index is 1.46. The van der Waals surface area contributed by atoms with Crippen LogP contribution in [0.25, 0.3) is 0 Å². The van der Waals surface area contributed by atoms with Gasteiger partial charge in [0.15, 0.2) is 5.79 Å². The summed E-state index contributed by atoms with van der Waals surface area (Å²) in [6.07, 6.45) is 3.17. The maximum Gasteiger partial charge on any atom is 0.168 e. The lowest BCUT2D eigenvalue weighted by Gasteiger charge is -2.48. The minimum Gasteiger partial charge on any atom is -0.390 e. The highest BCUT2D eigenvalue weighted by molar-refractivity contribution is 5.21. The summed E-state index contributed by atoms with van der Waals surface area (Å²) < 4.78 is 38.9. The zero-order valence-corrected chi connectivity index (χ0v) is 16.5. The highest BCUT2D eigenvalue weighted by Crippen LogP contribution is 2.43. The van der Waals surface area contributed by atoms with Gasteiger partial charge >= 0.3 is 0 Å². The Kier molecular flexibility index (Phi) is 5.92. The quantitative estimate of drug-likeness (QED) is 0.804. The van der Waals surface area contributed by atoms with Gasteiger partial charge in [-0.1, -0.05) is 19.9 Å². The summed E-state index contributed by atoms with van der Waals surface area (Å²) in [7, 11) is 0. The van der Waals surface area contributed by atoms with Gasteiger partial charge in [0, 0.05) is 35.9 Å². The second-order valence-electron chi connectivity index (χ2n) is 8.97. The van der Waals surface area contributed by atoms with Crippen molar-refractivity contribution in [1.29, 1.82) is 0 Å². The van der Waals surface area contributed by atoms with Gasteiger partial charge in [0.2, 0.25) is 0 Å². The molecular formula is C21H31F2NO3. The molecule has 4 nitrogen and oxygen atoms in total. The number of aliphatic hydroxyl groups is 1. The maximum absolute atomic E-state index is 13.9. The van der Waals surface area contributed by atoms with E-state index in [1.807, 2.05) is 6.92 Å². The molecule has 1 aromatic carbocycles. The maximum atomic E-state index is 13.9. The van der Waals surface area contributed by atoms with Crippen molar-refractivity contribution in [3.05, 3.63) is 35.4 Å². The van der Waals surface area contributed by atoms with Gasteiger partial charge in [0.05, 0.1) is 18.8 Å². The summed E-state index contributed by atoms with van der Waals surface area (Å²) in [5.41, 5.74) is -0.300. The molecule has 2 aliphatic rings. The third-order valence-electron chi connectivity index (χ3n) is 5.86. The average molecular weight is 383 g/mol. The van der Waals surface area contributed by atoms with E-state index in [1.165, 1.54) is 12.1 Å². The first-order chi connectivity index (χ1) is 12.6. The summed E-state index contributed by atoms with van der Waals surface area (Å²) in [4.78, 5) is 0. The number of halogens is 2. The third kappa shape index (κ3) is 5.05. The van der Waals surface area contributed by atoms with Crippen LogP contribution < -0.4 is 5.32 Å². The van der Waals surface area contributed by atoms with Crippen LogP contribution in [0.2, 0.25) is 0 Å². The molecule has 1 aromatic rings. The summed E-state index contributed by atoms with van der Waals surface area (Å²) in [6, 6.07) is 3.36. The van der Waals surface area contributed by atoms with E-state index in [0.717, 1.165) is 6.07 Å². The van der Waals surface area contributed by atoms with Crippen LogP contribution in [-0.2, 0) is 9.47 Å². The molecule has 1 saturated heterocycles. The Bertz CT molecular complexity index is 645. The second kappa shape index (κ2) is 7.74. The zero-order valence-electron chi connectivity index (χ0n) is 16.5. The van der Waals surface area contributed by atoms with Crippen molar-refractivity contribution in [2.45, 2.75) is 70.3 Å². The van der Waals surface area contributed by atoms with Crippen LogP contribution in [0.5, 0.6) is 0 Å². The Labute approximate surface area is 160 Å². The fraction of sp³-hybridized carbons (Fsp3) is 0.714. The highest BCUT2D eigenvalue weighted by atomic mass is 19.1. The molecule has 1 saturated carbocycles. The van der Waals surface area contributed by atoms with Gasteiger partial charge in [0.1, 0.15) is 11.6 Å². The molecule has 6 heteroatoms. The van der Waals surface area contributed by atoms with E-state index in [-0.39, 0.29) is 11.5 Å². The predicted molar refractivity (Wildman–Crippen MR) is 99.2 cm³/mol. The summed E-state index contributed by atoms with van der Waals surface area (Å²) in [5, 5.41) is 14.1. The molecule has 0 amide bonds. The summed E-state index contributed by atoms with van der Waals surface area (Å²) in [5.74, 6) is -1.67. The number of benzene rings is 1. The van der Waals surface area contributed by atoms with Crippen molar-refractivity contribution in [1.82, 2.24) is 5.32 Å². The van der Waals surface area contributed by atoms with Crippen LogP contribution >= 0.6 is 0 Å². The topological polar surface area (TPSA) is 50.7 Å². The van der Waals surface area contributed by atoms with Crippen LogP contribution in [0.4, 0.5) is 8.78 Å². The van der Waals surface area contributed by atoms with E-state index in [1.54, 1.807) is 0 Å². The van der Waals surface area contributed by atoms with Crippen molar-refractivity contribution in [3.63, 3.8) is 0 Å². The second-order valence-corrected chi connectivity index (χ2v) is 8.97. The van der Waals surface area contributed by atoms with Gasteiger partial charge in [-0.25, -0.2) is 8.78 Å². The van der Waals surface area contributed by atoms with E-state index < -0.39 is 23.0 Å². The summed E-state index contributed by atoms with van der Waals surface area (Å²) >= 11 is 0. The molecule has 0 radical (unpaired) electrons. The van der Waals surface area contributed by atoms with Crippen molar-refractivity contribution in [2.24, 2.45) is 5.41 Å². The Morgan fingerprint density at radius 2 is 1.74 bits per heavy atom. The number of hydrogen-bond acceptors (Lipinski definition) is 4. The zero-order chi connectivity index (χ0) is 19.7. The fourth-order valence-electron chi connectivity index (χ4n) is 3.86. The predicted octanol–water partition coefficient (Wildman–Crippen LogP) is 4.08. The minimum atomic E-state index is -0.765. The molecule has 2 N–H and O–H groups in total. The largest absolute Gasteiger partial charge is 0.390 e. The molecule has 1 spiro atoms. The summed E-state index contributed by atoms with van der Waals surface area (Å²) in [6.45, 7) is 7.98. The van der Waals surface area contributed by atoms with Crippen LogP contribution in [0.3, 0.4) is 0 Å². The molecular weight excluding hydrogens is 352 g/mol. The van der Waals surface area contributed by atoms with Crippen LogP contribution in [0.1, 0.15) is 64.5 Å². The molecule has 0 aromatic heterocycles. The lowest BCUT2D eigenvalue weighted by molar-refractivity contribution is -0.319. The Morgan fingerprint density at radius 3 is 2.33 bits per heavy atom. The van der Waals surface area contributed by atoms with Crippen molar-refractivity contribution >= 4 is 0 Å². The molecule has 2 fully saturated rings. The molecule has 0 unspecified atom stereocenters. The molecule has 27 heavy (non-hydrogen) atoms.